The summed E-state index contributed by atoms with van der Waals surface area (Å²) in [7, 11) is 5.25. The highest BCUT2D eigenvalue weighted by molar-refractivity contribution is 5.83. The van der Waals surface area contributed by atoms with Crippen molar-refractivity contribution in [3.63, 3.8) is 0 Å². The molecule has 3 heterocycles. The molecule has 0 saturated carbocycles. The zero-order chi connectivity index (χ0) is 27.4. The van der Waals surface area contributed by atoms with E-state index in [1.165, 1.54) is 19.4 Å². The molecule has 0 unspecified atom stereocenters. The molecule has 5 rings (SSSR count). The maximum Gasteiger partial charge on any atom is 0.179 e. The van der Waals surface area contributed by atoms with Crippen LogP contribution in [0.4, 0.5) is 15.9 Å². The van der Waals surface area contributed by atoms with Gasteiger partial charge in [-0.15, -0.1) is 6.42 Å². The van der Waals surface area contributed by atoms with Gasteiger partial charge in [-0.2, -0.15) is 5.10 Å². The molecule has 5 aromatic rings. The minimum Gasteiger partial charge on any atom is -0.491 e. The molecule has 0 fully saturated rings. The van der Waals surface area contributed by atoms with Gasteiger partial charge in [-0.1, -0.05) is 18.1 Å². The topological polar surface area (TPSA) is 117 Å². The molecule has 0 atom stereocenters. The summed E-state index contributed by atoms with van der Waals surface area (Å²) < 4.78 is 25.5. The summed E-state index contributed by atoms with van der Waals surface area (Å²) in [5, 5.41) is 10.4. The van der Waals surface area contributed by atoms with Crippen molar-refractivity contribution in [2.24, 2.45) is 0 Å². The van der Waals surface area contributed by atoms with Crippen LogP contribution in [0.25, 0.3) is 33.9 Å². The van der Waals surface area contributed by atoms with Crippen molar-refractivity contribution in [1.29, 1.82) is 0 Å². The molecule has 3 aromatic heterocycles. The van der Waals surface area contributed by atoms with Crippen molar-refractivity contribution in [3.05, 3.63) is 65.7 Å². The van der Waals surface area contributed by atoms with Gasteiger partial charge in [0.1, 0.15) is 11.5 Å². The Labute approximate surface area is 224 Å². The minimum atomic E-state index is -0.563. The highest BCUT2D eigenvalue weighted by Crippen LogP contribution is 2.33. The molecular weight excluding hydrogens is 499 g/mol. The molecule has 0 aliphatic heterocycles. The molecule has 0 amide bonds. The summed E-state index contributed by atoms with van der Waals surface area (Å²) in [6.07, 6.45) is 8.50. The molecule has 0 spiro atoms. The number of hydrogen-bond donors (Lipinski definition) is 3. The first-order valence-corrected chi connectivity index (χ1v) is 12.1. The summed E-state index contributed by atoms with van der Waals surface area (Å²) in [6.45, 7) is 2.29. The smallest absolute Gasteiger partial charge is 0.179 e. The molecule has 3 N–H and O–H groups in total. The number of methoxy groups -OCH3 is 2. The van der Waals surface area contributed by atoms with E-state index in [9.17, 15) is 4.39 Å². The number of ether oxygens (including phenoxy) is 2. The van der Waals surface area contributed by atoms with Gasteiger partial charge in [-0.3, -0.25) is 10.00 Å². The van der Waals surface area contributed by atoms with Crippen LogP contribution < -0.4 is 10.1 Å². The van der Waals surface area contributed by atoms with Gasteiger partial charge < -0.3 is 19.8 Å². The molecule has 0 saturated heterocycles. The molecule has 198 valence electrons. The van der Waals surface area contributed by atoms with Crippen molar-refractivity contribution in [2.45, 2.75) is 6.54 Å². The number of H-pyrrole nitrogens is 2. The Balaban J connectivity index is 1.44. The molecule has 0 aliphatic carbocycles. The van der Waals surface area contributed by atoms with Gasteiger partial charge in [0.05, 0.1) is 54.0 Å². The predicted octanol–water partition coefficient (Wildman–Crippen LogP) is 4.36. The number of fused-ring (bicyclic) bond motifs is 1. The van der Waals surface area contributed by atoms with E-state index in [4.69, 9.17) is 20.9 Å². The maximum absolute atomic E-state index is 14.9. The van der Waals surface area contributed by atoms with Crippen LogP contribution in [0.3, 0.4) is 0 Å². The minimum absolute atomic E-state index is 0.133. The van der Waals surface area contributed by atoms with Crippen LogP contribution in [0, 0.1) is 18.2 Å². The zero-order valence-corrected chi connectivity index (χ0v) is 21.7. The Morgan fingerprint density at radius 1 is 1.15 bits per heavy atom. The lowest BCUT2D eigenvalue weighted by Crippen LogP contribution is -2.22. The third-order valence-corrected chi connectivity index (χ3v) is 6.18. The van der Waals surface area contributed by atoms with E-state index in [1.54, 1.807) is 25.4 Å². The highest BCUT2D eigenvalue weighted by atomic mass is 19.1. The Hall–Kier alpha value is -4.79. The molecule has 0 bridgehead atoms. The van der Waals surface area contributed by atoms with E-state index < -0.39 is 5.82 Å². The van der Waals surface area contributed by atoms with E-state index in [1.807, 2.05) is 6.07 Å². The van der Waals surface area contributed by atoms with Gasteiger partial charge in [-0.25, -0.2) is 19.3 Å². The Morgan fingerprint density at radius 2 is 2.03 bits per heavy atom. The van der Waals surface area contributed by atoms with Crippen molar-refractivity contribution < 1.29 is 13.9 Å². The predicted molar refractivity (Wildman–Crippen MR) is 147 cm³/mol. The summed E-state index contributed by atoms with van der Waals surface area (Å²) in [6, 6.07) is 10.9. The second kappa shape index (κ2) is 11.3. The monoisotopic (exact) mass is 526 g/mol. The normalized spacial score (nSPS) is 11.2. The molecule has 0 radical (unpaired) electrons. The average molecular weight is 527 g/mol. The van der Waals surface area contributed by atoms with Crippen molar-refractivity contribution in [3.8, 4) is 41.0 Å². The number of terminal acetylenes is 1. The van der Waals surface area contributed by atoms with E-state index in [2.05, 4.69) is 60.5 Å². The zero-order valence-electron chi connectivity index (χ0n) is 21.7. The van der Waals surface area contributed by atoms with Crippen molar-refractivity contribution in [2.75, 3.05) is 39.7 Å². The molecule has 11 heteroatoms. The van der Waals surface area contributed by atoms with Gasteiger partial charge in [0.15, 0.2) is 23.2 Å². The summed E-state index contributed by atoms with van der Waals surface area (Å²) in [5.74, 6) is 3.22. The Bertz CT molecular complexity index is 1660. The first kappa shape index (κ1) is 25.8. The Morgan fingerprint density at radius 3 is 2.82 bits per heavy atom. The van der Waals surface area contributed by atoms with Crippen LogP contribution in [0.5, 0.6) is 5.75 Å². The van der Waals surface area contributed by atoms with E-state index in [0.29, 0.717) is 35.4 Å². The number of nitrogens with zero attached hydrogens (tertiary/aromatic N) is 5. The lowest BCUT2D eigenvalue weighted by molar-refractivity contribution is 0.158. The lowest BCUT2D eigenvalue weighted by atomic mass is 10.1. The third kappa shape index (κ3) is 5.43. The number of halogens is 1. The summed E-state index contributed by atoms with van der Waals surface area (Å²) in [5.41, 5.74) is 4.40. The quantitative estimate of drug-likeness (QED) is 0.230. The summed E-state index contributed by atoms with van der Waals surface area (Å²) in [4.78, 5) is 19.1. The van der Waals surface area contributed by atoms with Gasteiger partial charge in [0.25, 0.3) is 0 Å². The number of benzene rings is 2. The number of anilines is 2. The van der Waals surface area contributed by atoms with Crippen LogP contribution in [-0.2, 0) is 11.3 Å². The van der Waals surface area contributed by atoms with Crippen LogP contribution >= 0.6 is 0 Å². The fraction of sp³-hybridized carbons (Fsp3) is 0.214. The van der Waals surface area contributed by atoms with Gasteiger partial charge in [-0.05, 0) is 36.9 Å². The van der Waals surface area contributed by atoms with Gasteiger partial charge >= 0.3 is 0 Å². The largest absolute Gasteiger partial charge is 0.491 e. The van der Waals surface area contributed by atoms with Crippen molar-refractivity contribution in [1.82, 2.24) is 35.0 Å². The fourth-order valence-electron chi connectivity index (χ4n) is 4.16. The molecule has 39 heavy (non-hydrogen) atoms. The second-order valence-electron chi connectivity index (χ2n) is 8.87. The van der Waals surface area contributed by atoms with Crippen LogP contribution in [0.1, 0.15) is 11.1 Å². The second-order valence-corrected chi connectivity index (χ2v) is 8.87. The van der Waals surface area contributed by atoms with Crippen LogP contribution in [0.2, 0.25) is 0 Å². The third-order valence-electron chi connectivity index (χ3n) is 6.18. The van der Waals surface area contributed by atoms with Gasteiger partial charge in [0.2, 0.25) is 0 Å². The SMILES string of the molecule is C#Cc1cccc(-c2ncc(OC)c(Nc3cn[nH]c3-c3nc4ccc(CN(C)CCOC)cc4[nH]3)n2)c1F. The van der Waals surface area contributed by atoms with E-state index in [-0.39, 0.29) is 17.0 Å². The number of imidazole rings is 1. The number of likely N-dealkylation sites (N-methyl/N-ethyl adjacent to an activating group) is 1. The molecule has 2 aromatic carbocycles. The van der Waals surface area contributed by atoms with E-state index >= 15 is 0 Å². The van der Waals surface area contributed by atoms with Crippen LogP contribution in [-0.4, -0.2) is 69.5 Å². The first-order valence-electron chi connectivity index (χ1n) is 12.1. The Kier molecular flexibility index (Phi) is 7.49. The number of rotatable bonds is 10. The molecule has 0 aliphatic rings. The number of aromatic amines is 2. The molecular formula is C28H27FN8O2. The maximum atomic E-state index is 14.9. The standard InChI is InChI=1S/C28H27FN8O2/c1-5-18-7-6-8-19(24(18)29)26-30-15-23(39-4)27(35-26)34-22-14-31-36-25(22)28-32-20-10-9-17(13-21(20)33-28)16-37(2)11-12-38-3/h1,6-10,13-15H,11-12,16H2,2-4H3,(H,31,36)(H,32,33)(H,30,34,35). The summed E-state index contributed by atoms with van der Waals surface area (Å²) >= 11 is 0. The lowest BCUT2D eigenvalue weighted by Gasteiger charge is -2.15. The first-order chi connectivity index (χ1) is 19.0. The number of hydrogen-bond acceptors (Lipinski definition) is 8. The van der Waals surface area contributed by atoms with E-state index in [0.717, 1.165) is 29.7 Å². The number of aromatic nitrogens is 6. The van der Waals surface area contributed by atoms with Crippen LogP contribution in [0.15, 0.2) is 48.8 Å². The van der Waals surface area contributed by atoms with Crippen molar-refractivity contribution >= 4 is 22.5 Å². The number of nitrogens with one attached hydrogen (secondary N) is 3. The van der Waals surface area contributed by atoms with Gasteiger partial charge in [0, 0.05) is 20.2 Å². The highest BCUT2D eigenvalue weighted by Gasteiger charge is 2.18. The average Bonchev–Trinajstić information content (AvgIpc) is 3.58. The fourth-order valence-corrected chi connectivity index (χ4v) is 4.16. The molecule has 10 nitrogen and oxygen atoms in total.